The molecule has 0 spiro atoms. The van der Waals surface area contributed by atoms with E-state index in [1.54, 1.807) is 0 Å². The lowest BCUT2D eigenvalue weighted by Gasteiger charge is -2.30. The predicted molar refractivity (Wildman–Crippen MR) is 133 cm³/mol. The van der Waals surface area contributed by atoms with Crippen molar-refractivity contribution in [2.45, 2.75) is 37.6 Å². The number of benzene rings is 2. The summed E-state index contributed by atoms with van der Waals surface area (Å²) in [7, 11) is 3.53. The van der Waals surface area contributed by atoms with Crippen LogP contribution in [0.5, 0.6) is 0 Å². The third kappa shape index (κ3) is 3.92. The summed E-state index contributed by atoms with van der Waals surface area (Å²) in [5.74, 6) is -0.249. The first-order chi connectivity index (χ1) is 16.0. The van der Waals surface area contributed by atoms with E-state index in [0.717, 1.165) is 70.1 Å². The van der Waals surface area contributed by atoms with E-state index in [-0.39, 0.29) is 11.5 Å². The van der Waals surface area contributed by atoms with E-state index in [0.29, 0.717) is 5.56 Å². The van der Waals surface area contributed by atoms with Crippen LogP contribution < -0.4 is 5.32 Å². The number of methoxy groups -OCH3 is 1. The normalized spacial score (nSPS) is 18.1. The third-order valence-corrected chi connectivity index (χ3v) is 8.24. The predicted octanol–water partition coefficient (Wildman–Crippen LogP) is 5.35. The summed E-state index contributed by atoms with van der Waals surface area (Å²) in [5, 5.41) is 15.4. The van der Waals surface area contributed by atoms with Crippen LogP contribution in [0.2, 0.25) is 0 Å². The number of nitrogens with zero attached hydrogens (tertiary/aromatic N) is 2. The quantitative estimate of drug-likeness (QED) is 0.397. The number of ether oxygens (including phenoxy) is 1. The molecule has 3 heterocycles. The smallest absolute Gasteiger partial charge is 0.348 e. The van der Waals surface area contributed by atoms with Crippen molar-refractivity contribution in [2.75, 3.05) is 13.7 Å². The first-order valence-corrected chi connectivity index (χ1v) is 12.2. The third-order valence-electron chi connectivity index (χ3n) is 7.05. The maximum atomic E-state index is 12.6. The molecule has 2 aromatic heterocycles. The van der Waals surface area contributed by atoms with Gasteiger partial charge in [-0.3, -0.25) is 0 Å². The molecule has 0 unspecified atom stereocenters. The number of carbonyl (C=O) groups excluding carboxylic acids is 1. The zero-order valence-corrected chi connectivity index (χ0v) is 19.8. The molecule has 33 heavy (non-hydrogen) atoms. The van der Waals surface area contributed by atoms with Crippen molar-refractivity contribution in [3.8, 4) is 6.07 Å². The Morgan fingerprint density at radius 1 is 1.27 bits per heavy atom. The van der Waals surface area contributed by atoms with Gasteiger partial charge in [-0.15, -0.1) is 11.3 Å². The number of aromatic nitrogens is 1. The highest BCUT2D eigenvalue weighted by Crippen LogP contribution is 2.38. The number of aryl methyl sites for hydroxylation is 2. The SMILES string of the molecule is COC(=O)c1sc2ccccc2c1C[C@]1(CCc2cc3ccc(C#N)cc3n2C)CCCN1. The van der Waals surface area contributed by atoms with Crippen molar-refractivity contribution in [1.29, 1.82) is 5.26 Å². The van der Waals surface area contributed by atoms with Crippen molar-refractivity contribution in [3.63, 3.8) is 0 Å². The van der Waals surface area contributed by atoms with Crippen molar-refractivity contribution in [2.24, 2.45) is 7.05 Å². The molecule has 5 rings (SSSR count). The van der Waals surface area contributed by atoms with Gasteiger partial charge in [-0.1, -0.05) is 24.3 Å². The van der Waals surface area contributed by atoms with Gasteiger partial charge in [-0.25, -0.2) is 4.79 Å². The molecule has 4 aromatic rings. The van der Waals surface area contributed by atoms with E-state index in [1.807, 2.05) is 30.3 Å². The summed E-state index contributed by atoms with van der Waals surface area (Å²) >= 11 is 1.53. The van der Waals surface area contributed by atoms with Crippen LogP contribution in [0, 0.1) is 11.3 Å². The second kappa shape index (κ2) is 8.66. The highest BCUT2D eigenvalue weighted by Gasteiger charge is 2.36. The van der Waals surface area contributed by atoms with E-state index >= 15 is 0 Å². The van der Waals surface area contributed by atoms with Gasteiger partial charge in [0, 0.05) is 28.5 Å². The van der Waals surface area contributed by atoms with Crippen LogP contribution in [0.15, 0.2) is 48.5 Å². The largest absolute Gasteiger partial charge is 0.465 e. The van der Waals surface area contributed by atoms with Gasteiger partial charge in [0.25, 0.3) is 0 Å². The first-order valence-electron chi connectivity index (χ1n) is 11.4. The fourth-order valence-corrected chi connectivity index (χ4v) is 6.40. The lowest BCUT2D eigenvalue weighted by atomic mass is 9.83. The number of nitrogens with one attached hydrogen (secondary N) is 1. The highest BCUT2D eigenvalue weighted by molar-refractivity contribution is 7.21. The summed E-state index contributed by atoms with van der Waals surface area (Å²) in [5.41, 5.74) is 4.09. The molecule has 168 valence electrons. The van der Waals surface area contributed by atoms with Crippen LogP contribution in [-0.2, 0) is 24.6 Å². The minimum Gasteiger partial charge on any atom is -0.465 e. The summed E-state index contributed by atoms with van der Waals surface area (Å²) in [6, 6.07) is 18.6. The van der Waals surface area contributed by atoms with E-state index in [9.17, 15) is 10.1 Å². The molecule has 1 N–H and O–H groups in total. The number of thiophene rings is 1. The minimum absolute atomic E-state index is 0.0547. The lowest BCUT2D eigenvalue weighted by molar-refractivity contribution is 0.0605. The molecule has 6 heteroatoms. The number of esters is 1. The van der Waals surface area contributed by atoms with Crippen molar-refractivity contribution >= 4 is 38.3 Å². The molecule has 5 nitrogen and oxygen atoms in total. The zero-order valence-electron chi connectivity index (χ0n) is 19.0. The lowest BCUT2D eigenvalue weighted by Crippen LogP contribution is -2.42. The molecule has 1 aliphatic heterocycles. The molecular weight excluding hydrogens is 430 g/mol. The van der Waals surface area contributed by atoms with E-state index in [2.05, 4.69) is 41.2 Å². The van der Waals surface area contributed by atoms with Gasteiger partial charge >= 0.3 is 5.97 Å². The zero-order chi connectivity index (χ0) is 23.0. The Hall–Kier alpha value is -3.14. The van der Waals surface area contributed by atoms with Gasteiger partial charge < -0.3 is 14.6 Å². The second-order valence-electron chi connectivity index (χ2n) is 8.97. The summed E-state index contributed by atoms with van der Waals surface area (Å²) in [4.78, 5) is 13.3. The molecule has 1 fully saturated rings. The molecular formula is C27H27N3O2S. The Morgan fingerprint density at radius 2 is 2.12 bits per heavy atom. The van der Waals surface area contributed by atoms with Crippen molar-refractivity contribution < 1.29 is 9.53 Å². The molecule has 1 saturated heterocycles. The molecule has 0 bridgehead atoms. The molecule has 0 amide bonds. The number of fused-ring (bicyclic) bond motifs is 2. The minimum atomic E-state index is -0.249. The summed E-state index contributed by atoms with van der Waals surface area (Å²) in [6.45, 7) is 0.996. The van der Waals surface area contributed by atoms with Gasteiger partial charge in [0.2, 0.25) is 0 Å². The molecule has 2 aromatic carbocycles. The Kier molecular flexibility index (Phi) is 5.69. The van der Waals surface area contributed by atoms with Crippen molar-refractivity contribution in [1.82, 2.24) is 9.88 Å². The number of rotatable bonds is 6. The average molecular weight is 458 g/mol. The van der Waals surface area contributed by atoms with Gasteiger partial charge in [0.05, 0.1) is 18.7 Å². The monoisotopic (exact) mass is 457 g/mol. The van der Waals surface area contributed by atoms with E-state index in [1.165, 1.54) is 24.1 Å². The number of hydrogen-bond acceptors (Lipinski definition) is 5. The Labute approximate surface area is 197 Å². The van der Waals surface area contributed by atoms with Gasteiger partial charge in [-0.2, -0.15) is 5.26 Å². The van der Waals surface area contributed by atoms with Gasteiger partial charge in [-0.05, 0) is 79.3 Å². The number of nitriles is 1. The first kappa shape index (κ1) is 21.7. The summed E-state index contributed by atoms with van der Waals surface area (Å²) < 4.78 is 8.46. The van der Waals surface area contributed by atoms with Crippen LogP contribution in [-0.4, -0.2) is 29.7 Å². The van der Waals surface area contributed by atoms with Crippen LogP contribution in [0.4, 0.5) is 0 Å². The second-order valence-corrected chi connectivity index (χ2v) is 10.0. The topological polar surface area (TPSA) is 67.0 Å². The Morgan fingerprint density at radius 3 is 2.88 bits per heavy atom. The molecule has 0 aliphatic carbocycles. The number of carbonyl (C=O) groups is 1. The standard InChI is InChI=1S/C27H27N3O2S/c1-30-20(15-19-9-8-18(17-28)14-23(19)30)10-12-27(11-5-13-29-27)16-22-21-6-3-4-7-24(21)33-25(22)26(31)32-2/h3-4,6-9,14-15,29H,5,10-13,16H2,1-2H3/t27-/m1/s1. The molecule has 0 radical (unpaired) electrons. The van der Waals surface area contributed by atoms with Crippen molar-refractivity contribution in [3.05, 3.63) is 70.2 Å². The van der Waals surface area contributed by atoms with Crippen LogP contribution in [0.3, 0.4) is 0 Å². The molecule has 1 atom stereocenters. The number of hydrogen-bond donors (Lipinski definition) is 1. The van der Waals surface area contributed by atoms with Gasteiger partial charge in [0.15, 0.2) is 0 Å². The fourth-order valence-electron chi connectivity index (χ4n) is 5.26. The fraction of sp³-hybridized carbons (Fsp3) is 0.333. The highest BCUT2D eigenvalue weighted by atomic mass is 32.1. The Balaban J connectivity index is 1.47. The van der Waals surface area contributed by atoms with E-state index in [4.69, 9.17) is 4.74 Å². The van der Waals surface area contributed by atoms with E-state index < -0.39 is 0 Å². The van der Waals surface area contributed by atoms with Crippen LogP contribution in [0.1, 0.15) is 45.8 Å². The summed E-state index contributed by atoms with van der Waals surface area (Å²) in [6.07, 6.45) is 4.93. The maximum Gasteiger partial charge on any atom is 0.348 e. The Bertz CT molecular complexity index is 1390. The average Bonchev–Trinajstić information content (AvgIpc) is 3.54. The molecule has 1 aliphatic rings. The van der Waals surface area contributed by atoms with Crippen LogP contribution >= 0.6 is 11.3 Å². The van der Waals surface area contributed by atoms with Crippen LogP contribution in [0.25, 0.3) is 21.0 Å². The van der Waals surface area contributed by atoms with Gasteiger partial charge in [0.1, 0.15) is 4.88 Å². The molecule has 0 saturated carbocycles. The maximum absolute atomic E-state index is 12.6.